The fourth-order valence-electron chi connectivity index (χ4n) is 2.19. The number of nitrogens with one attached hydrogen (secondary N) is 1. The van der Waals surface area contributed by atoms with Crippen molar-refractivity contribution in [2.24, 2.45) is 16.5 Å². The highest BCUT2D eigenvalue weighted by Crippen LogP contribution is 2.18. The van der Waals surface area contributed by atoms with Crippen LogP contribution in [0.2, 0.25) is 0 Å². The lowest BCUT2D eigenvalue weighted by molar-refractivity contribution is -0.114. The average Bonchev–Trinajstić information content (AvgIpc) is 2.92. The van der Waals surface area contributed by atoms with E-state index >= 15 is 0 Å². The number of nitrogens with zero attached hydrogens (tertiary/aromatic N) is 3. The lowest BCUT2D eigenvalue weighted by Crippen LogP contribution is -2.26. The van der Waals surface area contributed by atoms with Crippen molar-refractivity contribution < 1.29 is 18.0 Å². The van der Waals surface area contributed by atoms with Crippen molar-refractivity contribution in [3.63, 3.8) is 0 Å². The number of rotatable bonds is 7. The first-order chi connectivity index (χ1) is 13.9. The third kappa shape index (κ3) is 6.45. The van der Waals surface area contributed by atoms with Crippen LogP contribution in [0.5, 0.6) is 0 Å². The predicted octanol–water partition coefficient (Wildman–Crippen LogP) is 2.44. The Bertz CT molecular complexity index is 932. The molecule has 1 aliphatic carbocycles. The first-order valence-electron chi connectivity index (χ1n) is 8.42. The third-order valence-electron chi connectivity index (χ3n) is 3.62. The smallest absolute Gasteiger partial charge is 0.280 e. The van der Waals surface area contributed by atoms with Crippen molar-refractivity contribution in [1.29, 1.82) is 0 Å². The molecule has 0 aliphatic heterocycles. The highest BCUT2D eigenvalue weighted by atomic mass is 19.3. The summed E-state index contributed by atoms with van der Waals surface area (Å²) in [4.78, 5) is 24.0. The van der Waals surface area contributed by atoms with Gasteiger partial charge in [-0.25, -0.2) is 23.1 Å². The average molecular weight is 404 g/mol. The van der Waals surface area contributed by atoms with Crippen molar-refractivity contribution in [3.8, 4) is 0 Å². The number of aromatic nitrogens is 2. The van der Waals surface area contributed by atoms with Gasteiger partial charge in [0, 0.05) is 31.2 Å². The van der Waals surface area contributed by atoms with E-state index in [4.69, 9.17) is 11.5 Å². The van der Waals surface area contributed by atoms with E-state index in [0.29, 0.717) is 0 Å². The summed E-state index contributed by atoms with van der Waals surface area (Å²) < 4.78 is 38.8. The van der Waals surface area contributed by atoms with Crippen molar-refractivity contribution in [3.05, 3.63) is 77.6 Å². The molecule has 1 heterocycles. The van der Waals surface area contributed by atoms with Gasteiger partial charge >= 0.3 is 0 Å². The van der Waals surface area contributed by atoms with Crippen LogP contribution in [0.4, 0.5) is 13.2 Å². The summed E-state index contributed by atoms with van der Waals surface area (Å²) in [5, 5.41) is 2.44. The van der Waals surface area contributed by atoms with Gasteiger partial charge in [-0.3, -0.25) is 9.79 Å². The summed E-state index contributed by atoms with van der Waals surface area (Å²) in [6, 6.07) is 1.04. The molecule has 1 aliphatic rings. The third-order valence-corrected chi connectivity index (χ3v) is 3.62. The highest BCUT2D eigenvalue weighted by Gasteiger charge is 2.18. The Labute approximate surface area is 165 Å². The van der Waals surface area contributed by atoms with Crippen LogP contribution < -0.4 is 16.8 Å². The van der Waals surface area contributed by atoms with Crippen LogP contribution in [0.1, 0.15) is 24.4 Å². The SMILES string of the molecule is NC=C(C=NCC1=CC=C(F)CC=C1)NC(=O)C(=CN)c1nccc(C(F)F)n1. The molecule has 2 rings (SSSR count). The summed E-state index contributed by atoms with van der Waals surface area (Å²) in [6.45, 7) is 0.229. The van der Waals surface area contributed by atoms with E-state index in [1.165, 1.54) is 12.3 Å². The summed E-state index contributed by atoms with van der Waals surface area (Å²) in [5.41, 5.74) is 11.1. The molecule has 10 heteroatoms. The fraction of sp³-hybridized carbons (Fsp3) is 0.158. The highest BCUT2D eigenvalue weighted by molar-refractivity contribution is 6.19. The van der Waals surface area contributed by atoms with E-state index < -0.39 is 18.0 Å². The lowest BCUT2D eigenvalue weighted by Gasteiger charge is -2.08. The van der Waals surface area contributed by atoms with Gasteiger partial charge in [0.15, 0.2) is 5.82 Å². The summed E-state index contributed by atoms with van der Waals surface area (Å²) in [6.07, 6.45) is 8.20. The Morgan fingerprint density at radius 3 is 2.79 bits per heavy atom. The van der Waals surface area contributed by atoms with Gasteiger partial charge in [-0.1, -0.05) is 18.2 Å². The maximum absolute atomic E-state index is 13.2. The lowest BCUT2D eigenvalue weighted by atomic mass is 10.2. The number of hydrogen-bond donors (Lipinski definition) is 3. The zero-order valence-corrected chi connectivity index (χ0v) is 15.2. The van der Waals surface area contributed by atoms with Gasteiger partial charge in [0.2, 0.25) is 0 Å². The van der Waals surface area contributed by atoms with Crippen LogP contribution in [0.3, 0.4) is 0 Å². The predicted molar refractivity (Wildman–Crippen MR) is 104 cm³/mol. The molecule has 1 aromatic rings. The molecule has 0 bridgehead atoms. The standard InChI is InChI=1S/C19H19F3N6O/c20-13-3-1-2-12(4-5-13)10-25-11-14(8-23)27-19(29)15(9-24)18-26-7-6-16(28-18)17(21)22/h1-2,4-9,11,17H,3,10,23-24H2,(H,27,29). The molecule has 0 aromatic carbocycles. The molecule has 0 radical (unpaired) electrons. The fourth-order valence-corrected chi connectivity index (χ4v) is 2.19. The number of halogens is 3. The van der Waals surface area contributed by atoms with Gasteiger partial charge in [-0.05, 0) is 17.7 Å². The Kier molecular flexibility index (Phi) is 7.89. The molecule has 152 valence electrons. The second-order valence-corrected chi connectivity index (χ2v) is 5.69. The zero-order valence-electron chi connectivity index (χ0n) is 15.2. The number of carbonyl (C=O) groups excluding carboxylic acids is 1. The Balaban J connectivity index is 2.06. The largest absolute Gasteiger partial charge is 0.404 e. The van der Waals surface area contributed by atoms with Gasteiger partial charge in [0.25, 0.3) is 12.3 Å². The molecule has 0 saturated heterocycles. The van der Waals surface area contributed by atoms with Crippen molar-refractivity contribution >= 4 is 17.7 Å². The summed E-state index contributed by atoms with van der Waals surface area (Å²) >= 11 is 0. The van der Waals surface area contributed by atoms with Crippen molar-refractivity contribution in [2.45, 2.75) is 12.8 Å². The van der Waals surface area contributed by atoms with Gasteiger partial charge in [-0.2, -0.15) is 0 Å². The molecule has 0 saturated carbocycles. The minimum absolute atomic E-state index is 0.138. The van der Waals surface area contributed by atoms with E-state index in [9.17, 15) is 18.0 Å². The van der Waals surface area contributed by atoms with E-state index in [2.05, 4.69) is 20.3 Å². The number of hydrogen-bond acceptors (Lipinski definition) is 6. The van der Waals surface area contributed by atoms with Crippen LogP contribution in [0.15, 0.2) is 71.1 Å². The molecular weight excluding hydrogens is 385 g/mol. The monoisotopic (exact) mass is 404 g/mol. The first kappa shape index (κ1) is 21.6. The minimum atomic E-state index is -2.82. The van der Waals surface area contributed by atoms with Gasteiger partial charge in [0.1, 0.15) is 11.5 Å². The molecule has 0 unspecified atom stereocenters. The number of nitrogens with two attached hydrogens (primary N) is 2. The maximum atomic E-state index is 13.2. The molecule has 0 atom stereocenters. The Morgan fingerprint density at radius 2 is 2.10 bits per heavy atom. The summed E-state index contributed by atoms with van der Waals surface area (Å²) in [7, 11) is 0. The van der Waals surface area contributed by atoms with Gasteiger partial charge < -0.3 is 16.8 Å². The molecule has 1 aromatic heterocycles. The topological polar surface area (TPSA) is 119 Å². The van der Waals surface area contributed by atoms with Crippen LogP contribution >= 0.6 is 0 Å². The molecule has 0 spiro atoms. The number of amides is 1. The van der Waals surface area contributed by atoms with Crippen molar-refractivity contribution in [2.75, 3.05) is 6.54 Å². The second kappa shape index (κ2) is 10.6. The van der Waals surface area contributed by atoms with Crippen LogP contribution in [0.25, 0.3) is 5.57 Å². The number of carbonyl (C=O) groups is 1. The van der Waals surface area contributed by atoms with E-state index in [1.807, 2.05) is 0 Å². The quantitative estimate of drug-likeness (QED) is 0.476. The van der Waals surface area contributed by atoms with E-state index in [1.54, 1.807) is 18.2 Å². The second-order valence-electron chi connectivity index (χ2n) is 5.69. The van der Waals surface area contributed by atoms with Gasteiger partial charge in [0.05, 0.1) is 17.8 Å². The molecule has 29 heavy (non-hydrogen) atoms. The van der Waals surface area contributed by atoms with Crippen molar-refractivity contribution in [1.82, 2.24) is 15.3 Å². The maximum Gasteiger partial charge on any atom is 0.280 e. The molecule has 7 nitrogen and oxygen atoms in total. The Morgan fingerprint density at radius 1 is 1.31 bits per heavy atom. The normalized spacial score (nSPS) is 15.3. The summed E-state index contributed by atoms with van der Waals surface area (Å²) in [5.74, 6) is -1.26. The molecular formula is C19H19F3N6O. The Hall–Kier alpha value is -3.69. The number of aliphatic imine (C=N–C) groups is 1. The minimum Gasteiger partial charge on any atom is -0.404 e. The number of alkyl halides is 2. The van der Waals surface area contributed by atoms with Crippen LogP contribution in [-0.2, 0) is 4.79 Å². The van der Waals surface area contributed by atoms with Gasteiger partial charge in [-0.15, -0.1) is 0 Å². The molecule has 0 fully saturated rings. The number of allylic oxidation sites excluding steroid dienone is 5. The van der Waals surface area contributed by atoms with E-state index in [0.717, 1.165) is 30.2 Å². The van der Waals surface area contributed by atoms with Crippen LogP contribution in [-0.4, -0.2) is 28.6 Å². The molecule has 1 amide bonds. The zero-order chi connectivity index (χ0) is 21.2. The van der Waals surface area contributed by atoms with E-state index in [-0.39, 0.29) is 35.9 Å². The van der Waals surface area contributed by atoms with Crippen LogP contribution in [0, 0.1) is 0 Å². The first-order valence-corrected chi connectivity index (χ1v) is 8.42. The molecule has 5 N–H and O–H groups in total.